The first-order valence-electron chi connectivity index (χ1n) is 13.0. The zero-order chi connectivity index (χ0) is 28.3. The van der Waals surface area contributed by atoms with Crippen molar-refractivity contribution in [2.75, 3.05) is 5.32 Å². The van der Waals surface area contributed by atoms with E-state index in [0.717, 1.165) is 41.0 Å². The Morgan fingerprint density at radius 2 is 1.72 bits per heavy atom. The van der Waals surface area contributed by atoms with Crippen molar-refractivity contribution in [1.29, 1.82) is 5.41 Å². The summed E-state index contributed by atoms with van der Waals surface area (Å²) in [6.45, 7) is 3.84. The fourth-order valence-electron chi connectivity index (χ4n) is 3.88. The van der Waals surface area contributed by atoms with Crippen LogP contribution in [0.4, 0.5) is 5.13 Å². The summed E-state index contributed by atoms with van der Waals surface area (Å²) in [5.41, 5.74) is 14.9. The molecule has 6 N–H and O–H groups in total. The Labute approximate surface area is 233 Å². The van der Waals surface area contributed by atoms with Crippen molar-refractivity contribution in [2.45, 2.75) is 70.8 Å². The lowest BCUT2D eigenvalue weighted by Gasteiger charge is -2.19. The minimum atomic E-state index is -0.484. The molecule has 3 rings (SSSR count). The van der Waals surface area contributed by atoms with Gasteiger partial charge in [-0.1, -0.05) is 65.9 Å². The quantitative estimate of drug-likeness (QED) is 0.132. The lowest BCUT2D eigenvalue weighted by atomic mass is 9.93. The number of aryl methyl sites for hydroxylation is 1. The monoisotopic (exact) mass is 547 g/mol. The molecule has 0 spiro atoms. The molecule has 206 valence electrons. The molecule has 0 radical (unpaired) electrons. The second-order valence-corrected chi connectivity index (χ2v) is 11.2. The number of aromatic nitrogens is 2. The average Bonchev–Trinajstić information content (AvgIpc) is 3.32. The Kier molecular flexibility index (Phi) is 11.0. The molecule has 0 atom stereocenters. The number of amidine groups is 1. The molecule has 0 bridgehead atoms. The van der Waals surface area contributed by atoms with Gasteiger partial charge in [0.25, 0.3) is 5.91 Å². The van der Waals surface area contributed by atoms with Crippen LogP contribution in [0.5, 0.6) is 0 Å². The predicted molar refractivity (Wildman–Crippen MR) is 157 cm³/mol. The van der Waals surface area contributed by atoms with Crippen molar-refractivity contribution in [2.24, 2.45) is 16.5 Å². The molecule has 9 nitrogen and oxygen atoms in total. The predicted octanol–water partition coefficient (Wildman–Crippen LogP) is 4.55. The van der Waals surface area contributed by atoms with Crippen LogP contribution in [0.2, 0.25) is 0 Å². The minimum absolute atomic E-state index is 0.119. The summed E-state index contributed by atoms with van der Waals surface area (Å²) in [5, 5.41) is 20.6. The molecule has 0 aliphatic carbocycles. The van der Waals surface area contributed by atoms with Gasteiger partial charge >= 0.3 is 0 Å². The smallest absolute Gasteiger partial charge is 0.251 e. The van der Waals surface area contributed by atoms with Crippen LogP contribution in [0, 0.1) is 5.41 Å². The van der Waals surface area contributed by atoms with E-state index in [2.05, 4.69) is 20.5 Å². The molecule has 2 aromatic carbocycles. The Balaban J connectivity index is 1.32. The molecule has 0 saturated carbocycles. The topological polar surface area (TPSA) is 160 Å². The highest BCUT2D eigenvalue weighted by Crippen LogP contribution is 2.19. The SMILES string of the molecule is CC(C)(N)c1cccc(CC(=O)N=C(N)CCC(=N)CCCCc2nnc(NC(=O)Cc3ccccc3)s2)c1. The number of amides is 2. The Bertz CT molecular complexity index is 1300. The Morgan fingerprint density at radius 1 is 0.974 bits per heavy atom. The Hall–Kier alpha value is -3.76. The van der Waals surface area contributed by atoms with Gasteiger partial charge in [0, 0.05) is 24.1 Å². The number of rotatable bonds is 14. The van der Waals surface area contributed by atoms with Crippen molar-refractivity contribution < 1.29 is 9.59 Å². The molecule has 0 fully saturated rings. The first kappa shape index (κ1) is 29.8. The maximum atomic E-state index is 12.3. The summed E-state index contributed by atoms with van der Waals surface area (Å²) in [7, 11) is 0. The molecule has 2 amide bonds. The van der Waals surface area contributed by atoms with E-state index in [1.807, 2.05) is 68.4 Å². The molecule has 3 aromatic rings. The van der Waals surface area contributed by atoms with E-state index in [1.165, 1.54) is 11.3 Å². The van der Waals surface area contributed by atoms with Crippen LogP contribution in [0.3, 0.4) is 0 Å². The maximum Gasteiger partial charge on any atom is 0.251 e. The highest BCUT2D eigenvalue weighted by atomic mass is 32.1. The van der Waals surface area contributed by atoms with Crippen LogP contribution >= 0.6 is 11.3 Å². The van der Waals surface area contributed by atoms with E-state index in [9.17, 15) is 9.59 Å². The van der Waals surface area contributed by atoms with E-state index >= 15 is 0 Å². The standard InChI is InChI=1S/C29H37N7O2S/c1-29(2,32)22-12-8-11-21(17-22)19-25(37)33-24(31)16-15-23(30)13-6-7-14-27-35-36-28(39-27)34-26(38)18-20-9-4-3-5-10-20/h3-5,8-12,17,30H,6-7,13-16,18-19,32H2,1-2H3,(H2,31,33,37)(H,34,36,38). The summed E-state index contributed by atoms with van der Waals surface area (Å²) in [6, 6.07) is 17.2. The summed E-state index contributed by atoms with van der Waals surface area (Å²) in [5.74, 6) is -0.179. The lowest BCUT2D eigenvalue weighted by molar-refractivity contribution is -0.117. The number of aliphatic imine (C=N–C) groups is 1. The van der Waals surface area contributed by atoms with Gasteiger partial charge in [0.1, 0.15) is 10.8 Å². The van der Waals surface area contributed by atoms with Gasteiger partial charge in [-0.05, 0) is 56.2 Å². The third-order valence-corrected chi connectivity index (χ3v) is 6.92. The van der Waals surface area contributed by atoms with Gasteiger partial charge in [0.15, 0.2) is 0 Å². The summed E-state index contributed by atoms with van der Waals surface area (Å²) < 4.78 is 0. The molecule has 0 aliphatic heterocycles. The van der Waals surface area contributed by atoms with Gasteiger partial charge in [-0.2, -0.15) is 0 Å². The molecule has 1 heterocycles. The van der Waals surface area contributed by atoms with Crippen LogP contribution in [0.1, 0.15) is 67.6 Å². The number of carbonyl (C=O) groups is 2. The average molecular weight is 548 g/mol. The number of hydrogen-bond acceptors (Lipinski definition) is 7. The number of nitrogens with one attached hydrogen (secondary N) is 2. The molecule has 0 aliphatic rings. The number of unbranched alkanes of at least 4 members (excludes halogenated alkanes) is 1. The van der Waals surface area contributed by atoms with Crippen LogP contribution < -0.4 is 16.8 Å². The van der Waals surface area contributed by atoms with Gasteiger partial charge in [-0.15, -0.1) is 10.2 Å². The highest BCUT2D eigenvalue weighted by Gasteiger charge is 2.15. The van der Waals surface area contributed by atoms with E-state index in [-0.39, 0.29) is 24.1 Å². The lowest BCUT2D eigenvalue weighted by Crippen LogP contribution is -2.28. The fraction of sp³-hybridized carbons (Fsp3) is 0.379. The molecule has 0 saturated heterocycles. The second-order valence-electron chi connectivity index (χ2n) is 10.1. The third kappa shape index (κ3) is 10.9. The van der Waals surface area contributed by atoms with Crippen LogP contribution in [0.15, 0.2) is 59.6 Å². The minimum Gasteiger partial charge on any atom is -0.387 e. The zero-order valence-corrected chi connectivity index (χ0v) is 23.4. The maximum absolute atomic E-state index is 12.3. The summed E-state index contributed by atoms with van der Waals surface area (Å²) in [6.07, 6.45) is 4.36. The molecule has 39 heavy (non-hydrogen) atoms. The van der Waals surface area contributed by atoms with Gasteiger partial charge in [0.05, 0.1) is 12.8 Å². The van der Waals surface area contributed by atoms with Crippen molar-refractivity contribution in [3.8, 4) is 0 Å². The first-order chi connectivity index (χ1) is 18.6. The summed E-state index contributed by atoms with van der Waals surface area (Å²) >= 11 is 1.37. The first-order valence-corrected chi connectivity index (χ1v) is 13.9. The van der Waals surface area contributed by atoms with Crippen LogP contribution in [-0.2, 0) is 34.4 Å². The van der Waals surface area contributed by atoms with Crippen molar-refractivity contribution in [1.82, 2.24) is 10.2 Å². The largest absolute Gasteiger partial charge is 0.387 e. The second kappa shape index (κ2) is 14.4. The van der Waals surface area contributed by atoms with Gasteiger partial charge < -0.3 is 22.2 Å². The number of anilines is 1. The summed E-state index contributed by atoms with van der Waals surface area (Å²) in [4.78, 5) is 28.5. The van der Waals surface area contributed by atoms with Gasteiger partial charge in [-0.25, -0.2) is 4.99 Å². The number of benzene rings is 2. The van der Waals surface area contributed by atoms with Crippen molar-refractivity contribution in [3.63, 3.8) is 0 Å². The van der Waals surface area contributed by atoms with E-state index < -0.39 is 5.54 Å². The van der Waals surface area contributed by atoms with E-state index in [4.69, 9.17) is 16.9 Å². The van der Waals surface area contributed by atoms with E-state index in [1.54, 1.807) is 0 Å². The highest BCUT2D eigenvalue weighted by molar-refractivity contribution is 7.15. The normalized spacial score (nSPS) is 11.8. The fourth-order valence-corrected chi connectivity index (χ4v) is 4.68. The third-order valence-electron chi connectivity index (χ3n) is 6.02. The Morgan fingerprint density at radius 3 is 2.46 bits per heavy atom. The number of carbonyl (C=O) groups excluding carboxylic acids is 2. The van der Waals surface area contributed by atoms with Gasteiger partial charge in [0.2, 0.25) is 11.0 Å². The number of hydrogen-bond donors (Lipinski definition) is 4. The molecule has 10 heteroatoms. The van der Waals surface area contributed by atoms with Crippen LogP contribution in [0.25, 0.3) is 0 Å². The van der Waals surface area contributed by atoms with Gasteiger partial charge in [-0.3, -0.25) is 9.59 Å². The molecule has 0 unspecified atom stereocenters. The molecule has 1 aromatic heterocycles. The van der Waals surface area contributed by atoms with Crippen LogP contribution in [-0.4, -0.2) is 33.6 Å². The number of nitrogens with two attached hydrogens (primary N) is 2. The van der Waals surface area contributed by atoms with Crippen molar-refractivity contribution in [3.05, 3.63) is 76.3 Å². The molecular weight excluding hydrogens is 510 g/mol. The van der Waals surface area contributed by atoms with Crippen molar-refractivity contribution >= 4 is 39.8 Å². The number of nitrogens with zero attached hydrogens (tertiary/aromatic N) is 3. The van der Waals surface area contributed by atoms with E-state index in [0.29, 0.717) is 36.5 Å². The zero-order valence-electron chi connectivity index (χ0n) is 22.6. The molecular formula is C29H37N7O2S.